The lowest BCUT2D eigenvalue weighted by atomic mass is 10.1. The van der Waals surface area contributed by atoms with E-state index < -0.39 is 0 Å². The van der Waals surface area contributed by atoms with Crippen molar-refractivity contribution in [2.75, 3.05) is 18.4 Å². The number of rotatable bonds is 5. The first-order chi connectivity index (χ1) is 10.8. The minimum absolute atomic E-state index is 0.509. The van der Waals surface area contributed by atoms with E-state index in [1.807, 2.05) is 18.2 Å². The fourth-order valence-electron chi connectivity index (χ4n) is 2.85. The van der Waals surface area contributed by atoms with Crippen LogP contribution >= 0.6 is 0 Å². The van der Waals surface area contributed by atoms with E-state index in [9.17, 15) is 0 Å². The normalized spacial score (nSPS) is 15.7. The average molecular weight is 296 g/mol. The monoisotopic (exact) mass is 296 g/mol. The summed E-state index contributed by atoms with van der Waals surface area (Å²) in [6.07, 6.45) is 4.38. The SMILES string of the molecule is CCCc1cc(NC2CCNCC2)nc(-c2ccccc2)n1. The summed E-state index contributed by atoms with van der Waals surface area (Å²) in [4.78, 5) is 9.46. The van der Waals surface area contributed by atoms with E-state index in [0.29, 0.717) is 6.04 Å². The Labute approximate surface area is 132 Å². The van der Waals surface area contributed by atoms with Crippen LogP contribution in [0.5, 0.6) is 0 Å². The first kappa shape index (κ1) is 15.0. The van der Waals surface area contributed by atoms with Gasteiger partial charge in [0.25, 0.3) is 0 Å². The second kappa shape index (κ2) is 7.36. The molecule has 4 heteroatoms. The fourth-order valence-corrected chi connectivity index (χ4v) is 2.85. The predicted molar refractivity (Wildman–Crippen MR) is 91.0 cm³/mol. The molecule has 1 aromatic carbocycles. The predicted octanol–water partition coefficient (Wildman–Crippen LogP) is 3.26. The number of nitrogens with one attached hydrogen (secondary N) is 2. The summed E-state index contributed by atoms with van der Waals surface area (Å²) in [5.74, 6) is 1.78. The Bertz CT molecular complexity index is 591. The van der Waals surface area contributed by atoms with Gasteiger partial charge in [0.2, 0.25) is 0 Å². The molecule has 0 bridgehead atoms. The lowest BCUT2D eigenvalue weighted by molar-refractivity contribution is 0.478. The molecule has 1 aromatic heterocycles. The number of aryl methyl sites for hydroxylation is 1. The van der Waals surface area contributed by atoms with Crippen LogP contribution in [0.1, 0.15) is 31.9 Å². The molecule has 1 saturated heterocycles. The lowest BCUT2D eigenvalue weighted by Crippen LogP contribution is -2.35. The van der Waals surface area contributed by atoms with Gasteiger partial charge in [-0.3, -0.25) is 0 Å². The molecule has 4 nitrogen and oxygen atoms in total. The zero-order valence-electron chi connectivity index (χ0n) is 13.2. The maximum absolute atomic E-state index is 4.74. The molecule has 2 heterocycles. The van der Waals surface area contributed by atoms with E-state index in [-0.39, 0.29) is 0 Å². The van der Waals surface area contributed by atoms with Gasteiger partial charge in [-0.25, -0.2) is 9.97 Å². The number of aromatic nitrogens is 2. The molecule has 0 aliphatic carbocycles. The largest absolute Gasteiger partial charge is 0.367 e. The molecule has 1 fully saturated rings. The quantitative estimate of drug-likeness (QED) is 0.889. The van der Waals surface area contributed by atoms with E-state index >= 15 is 0 Å². The molecule has 0 saturated carbocycles. The fraction of sp³-hybridized carbons (Fsp3) is 0.444. The Balaban J connectivity index is 1.86. The first-order valence-corrected chi connectivity index (χ1v) is 8.26. The minimum atomic E-state index is 0.509. The van der Waals surface area contributed by atoms with Gasteiger partial charge < -0.3 is 10.6 Å². The molecule has 1 aliphatic rings. The van der Waals surface area contributed by atoms with Gasteiger partial charge in [0, 0.05) is 23.4 Å². The molecule has 0 amide bonds. The zero-order valence-corrected chi connectivity index (χ0v) is 13.2. The van der Waals surface area contributed by atoms with Crippen LogP contribution in [-0.2, 0) is 6.42 Å². The second-order valence-corrected chi connectivity index (χ2v) is 5.85. The van der Waals surface area contributed by atoms with Crippen LogP contribution < -0.4 is 10.6 Å². The van der Waals surface area contributed by atoms with Crippen LogP contribution in [0.2, 0.25) is 0 Å². The van der Waals surface area contributed by atoms with E-state index in [4.69, 9.17) is 9.97 Å². The maximum atomic E-state index is 4.74. The van der Waals surface area contributed by atoms with Crippen molar-refractivity contribution in [1.82, 2.24) is 15.3 Å². The molecule has 0 atom stereocenters. The molecule has 2 aromatic rings. The van der Waals surface area contributed by atoms with Crippen molar-refractivity contribution in [3.05, 3.63) is 42.1 Å². The van der Waals surface area contributed by atoms with E-state index in [1.165, 1.54) is 0 Å². The van der Waals surface area contributed by atoms with E-state index in [0.717, 1.165) is 61.7 Å². The molecule has 1 aliphatic heterocycles. The Hall–Kier alpha value is -1.94. The van der Waals surface area contributed by atoms with Crippen molar-refractivity contribution in [3.8, 4) is 11.4 Å². The van der Waals surface area contributed by atoms with Crippen LogP contribution in [0.15, 0.2) is 36.4 Å². The van der Waals surface area contributed by atoms with Gasteiger partial charge in [0.1, 0.15) is 5.82 Å². The smallest absolute Gasteiger partial charge is 0.161 e. The van der Waals surface area contributed by atoms with E-state index in [1.54, 1.807) is 0 Å². The van der Waals surface area contributed by atoms with Crippen molar-refractivity contribution in [1.29, 1.82) is 0 Å². The Morgan fingerprint density at radius 2 is 1.91 bits per heavy atom. The van der Waals surface area contributed by atoms with E-state index in [2.05, 4.69) is 35.8 Å². The van der Waals surface area contributed by atoms with Crippen LogP contribution in [0.25, 0.3) is 11.4 Å². The molecule has 0 unspecified atom stereocenters. The Kier molecular flexibility index (Phi) is 5.01. The maximum Gasteiger partial charge on any atom is 0.161 e. The van der Waals surface area contributed by atoms with Crippen LogP contribution in [-0.4, -0.2) is 29.1 Å². The van der Waals surface area contributed by atoms with Gasteiger partial charge >= 0.3 is 0 Å². The summed E-state index contributed by atoms with van der Waals surface area (Å²) in [5.41, 5.74) is 2.20. The summed E-state index contributed by atoms with van der Waals surface area (Å²) >= 11 is 0. The third-order valence-electron chi connectivity index (χ3n) is 4.01. The highest BCUT2D eigenvalue weighted by atomic mass is 15.1. The second-order valence-electron chi connectivity index (χ2n) is 5.85. The lowest BCUT2D eigenvalue weighted by Gasteiger charge is -2.24. The number of hydrogen-bond acceptors (Lipinski definition) is 4. The van der Waals surface area contributed by atoms with Gasteiger partial charge in [0.05, 0.1) is 0 Å². The molecule has 3 rings (SSSR count). The molecule has 2 N–H and O–H groups in total. The molecular weight excluding hydrogens is 272 g/mol. The summed E-state index contributed by atoms with van der Waals surface area (Å²) in [7, 11) is 0. The first-order valence-electron chi connectivity index (χ1n) is 8.26. The molecule has 22 heavy (non-hydrogen) atoms. The Morgan fingerprint density at radius 1 is 1.14 bits per heavy atom. The number of hydrogen-bond donors (Lipinski definition) is 2. The van der Waals surface area contributed by atoms with Gasteiger partial charge in [-0.15, -0.1) is 0 Å². The highest BCUT2D eigenvalue weighted by Gasteiger charge is 2.14. The van der Waals surface area contributed by atoms with Crippen molar-refractivity contribution in [3.63, 3.8) is 0 Å². The van der Waals surface area contributed by atoms with Gasteiger partial charge in [-0.1, -0.05) is 43.7 Å². The van der Waals surface area contributed by atoms with Crippen LogP contribution in [0, 0.1) is 0 Å². The summed E-state index contributed by atoms with van der Waals surface area (Å²) < 4.78 is 0. The van der Waals surface area contributed by atoms with Crippen molar-refractivity contribution >= 4 is 5.82 Å². The molecule has 0 radical (unpaired) electrons. The number of piperidine rings is 1. The highest BCUT2D eigenvalue weighted by Crippen LogP contribution is 2.20. The molecule has 0 spiro atoms. The Morgan fingerprint density at radius 3 is 2.64 bits per heavy atom. The standard InChI is InChI=1S/C18H24N4/c1-2-6-16-13-17(20-15-9-11-19-12-10-15)22-18(21-16)14-7-4-3-5-8-14/h3-5,7-8,13,15,19H,2,6,9-12H2,1H3,(H,20,21,22). The molecular formula is C18H24N4. The van der Waals surface area contributed by atoms with Crippen LogP contribution in [0.4, 0.5) is 5.82 Å². The van der Waals surface area contributed by atoms with Gasteiger partial charge in [0.15, 0.2) is 5.82 Å². The molecule has 116 valence electrons. The van der Waals surface area contributed by atoms with Gasteiger partial charge in [-0.05, 0) is 32.4 Å². The number of benzene rings is 1. The zero-order chi connectivity index (χ0) is 15.2. The third kappa shape index (κ3) is 3.83. The van der Waals surface area contributed by atoms with Crippen molar-refractivity contribution < 1.29 is 0 Å². The number of anilines is 1. The van der Waals surface area contributed by atoms with Crippen molar-refractivity contribution in [2.45, 2.75) is 38.6 Å². The summed E-state index contributed by atoms with van der Waals surface area (Å²) in [6.45, 7) is 4.34. The van der Waals surface area contributed by atoms with Crippen molar-refractivity contribution in [2.24, 2.45) is 0 Å². The highest BCUT2D eigenvalue weighted by molar-refractivity contribution is 5.57. The van der Waals surface area contributed by atoms with Crippen LogP contribution in [0.3, 0.4) is 0 Å². The average Bonchev–Trinajstić information content (AvgIpc) is 2.57. The topological polar surface area (TPSA) is 49.8 Å². The summed E-state index contributed by atoms with van der Waals surface area (Å²) in [6, 6.07) is 12.8. The minimum Gasteiger partial charge on any atom is -0.367 e. The third-order valence-corrected chi connectivity index (χ3v) is 4.01. The number of nitrogens with zero attached hydrogens (tertiary/aromatic N) is 2. The summed E-state index contributed by atoms with van der Waals surface area (Å²) in [5, 5.41) is 7.00. The van der Waals surface area contributed by atoms with Gasteiger partial charge in [-0.2, -0.15) is 0 Å².